The summed E-state index contributed by atoms with van der Waals surface area (Å²) in [4.78, 5) is 13.1. The minimum absolute atomic E-state index is 0.0177. The van der Waals surface area contributed by atoms with Crippen molar-refractivity contribution in [2.24, 2.45) is 0 Å². The summed E-state index contributed by atoms with van der Waals surface area (Å²) in [6.45, 7) is 4.23. The molecule has 0 aliphatic carbocycles. The molecular weight excluding hydrogens is 456 g/mol. The Balaban J connectivity index is 1.55. The molecule has 0 saturated carbocycles. The van der Waals surface area contributed by atoms with Gasteiger partial charge in [0, 0.05) is 25.3 Å². The zero-order valence-corrected chi connectivity index (χ0v) is 19.6. The number of aryl methyl sites for hydroxylation is 2. The van der Waals surface area contributed by atoms with Gasteiger partial charge in [-0.05, 0) is 57.7 Å². The van der Waals surface area contributed by atoms with E-state index in [0.29, 0.717) is 31.6 Å². The van der Waals surface area contributed by atoms with Gasteiger partial charge >= 0.3 is 0 Å². The van der Waals surface area contributed by atoms with Gasteiger partial charge in [0.05, 0.1) is 4.90 Å². The molecule has 2 fully saturated rings. The highest BCUT2D eigenvalue weighted by atomic mass is 32.2. The van der Waals surface area contributed by atoms with Gasteiger partial charge in [0.25, 0.3) is 0 Å². The average molecular weight is 483 g/mol. The molecule has 0 spiro atoms. The van der Waals surface area contributed by atoms with Gasteiger partial charge in [-0.1, -0.05) is 11.2 Å². The maximum absolute atomic E-state index is 13.2. The molecule has 1 aromatic carbocycles. The number of carbonyl (C=O) groups excluding carboxylic acids is 1. The number of hydrogen-bond donors (Lipinski definition) is 1. The largest absolute Gasteiger partial charge is 0.360 e. The summed E-state index contributed by atoms with van der Waals surface area (Å²) in [5.41, 5.74) is 0.547. The highest BCUT2D eigenvalue weighted by Crippen LogP contribution is 2.30. The lowest BCUT2D eigenvalue weighted by Gasteiger charge is -2.23. The van der Waals surface area contributed by atoms with Gasteiger partial charge in [-0.15, -0.1) is 0 Å². The molecule has 0 bridgehead atoms. The van der Waals surface area contributed by atoms with Crippen LogP contribution in [0.15, 0.2) is 38.6 Å². The molecule has 2 aromatic rings. The van der Waals surface area contributed by atoms with E-state index in [1.165, 1.54) is 27.7 Å². The van der Waals surface area contributed by atoms with Crippen molar-refractivity contribution in [2.75, 3.05) is 25.0 Å². The maximum Gasteiger partial charge on any atom is 0.249 e. The second-order valence-corrected chi connectivity index (χ2v) is 11.8. The quantitative estimate of drug-likeness (QED) is 0.665. The van der Waals surface area contributed by atoms with E-state index in [1.54, 1.807) is 19.1 Å². The Morgan fingerprint density at radius 2 is 1.78 bits per heavy atom. The van der Waals surface area contributed by atoms with Crippen LogP contribution in [-0.2, 0) is 24.8 Å². The number of nitrogens with one attached hydrogen (secondary N) is 1. The molecule has 3 heterocycles. The van der Waals surface area contributed by atoms with Crippen LogP contribution >= 0.6 is 0 Å². The summed E-state index contributed by atoms with van der Waals surface area (Å²) in [6.07, 6.45) is 2.55. The Bertz CT molecular complexity index is 1210. The van der Waals surface area contributed by atoms with Crippen LogP contribution in [0.2, 0.25) is 0 Å². The first kappa shape index (κ1) is 22.9. The number of aromatic nitrogens is 1. The van der Waals surface area contributed by atoms with E-state index in [9.17, 15) is 21.6 Å². The van der Waals surface area contributed by atoms with Crippen LogP contribution in [0.4, 0.5) is 5.69 Å². The second-order valence-electron chi connectivity index (χ2n) is 8.06. The van der Waals surface area contributed by atoms with E-state index in [1.807, 2.05) is 0 Å². The third-order valence-corrected chi connectivity index (χ3v) is 9.89. The topological polar surface area (TPSA) is 130 Å². The zero-order chi connectivity index (χ0) is 23.1. The molecular formula is C20H26N4O6S2. The van der Waals surface area contributed by atoms with Crippen LogP contribution < -0.4 is 5.32 Å². The van der Waals surface area contributed by atoms with E-state index in [0.717, 1.165) is 12.8 Å². The molecule has 32 heavy (non-hydrogen) atoms. The minimum Gasteiger partial charge on any atom is -0.360 e. The van der Waals surface area contributed by atoms with E-state index in [4.69, 9.17) is 4.52 Å². The number of benzene rings is 1. The molecule has 1 atom stereocenters. The molecule has 0 radical (unpaired) electrons. The molecule has 1 N–H and O–H groups in total. The fourth-order valence-electron chi connectivity index (χ4n) is 4.29. The standard InChI is InChI=1S/C20H26N4O6S2/c1-14-19(15(2)30-22-14)32(28,29)24-12-6-9-18(24)20(25)21-16-7-5-8-17(13-16)31(26,27)23-10-3-4-11-23/h5,7-8,13,18H,3-4,6,9-12H2,1-2H3,(H,21,25)/t18-/m0/s1. The van der Waals surface area contributed by atoms with Crippen molar-refractivity contribution in [3.63, 3.8) is 0 Å². The Labute approximate surface area is 187 Å². The van der Waals surface area contributed by atoms with Crippen molar-refractivity contribution in [3.05, 3.63) is 35.7 Å². The predicted molar refractivity (Wildman–Crippen MR) is 116 cm³/mol. The van der Waals surface area contributed by atoms with Crippen molar-refractivity contribution in [2.45, 2.75) is 55.4 Å². The van der Waals surface area contributed by atoms with Gasteiger partial charge < -0.3 is 9.84 Å². The van der Waals surface area contributed by atoms with Crippen LogP contribution in [0.25, 0.3) is 0 Å². The SMILES string of the molecule is Cc1noc(C)c1S(=O)(=O)N1CCC[C@H]1C(=O)Nc1cccc(S(=O)(=O)N2CCCC2)c1. The lowest BCUT2D eigenvalue weighted by atomic mass is 10.2. The van der Waals surface area contributed by atoms with E-state index in [2.05, 4.69) is 10.5 Å². The van der Waals surface area contributed by atoms with Crippen LogP contribution in [0.5, 0.6) is 0 Å². The molecule has 10 nitrogen and oxygen atoms in total. The lowest BCUT2D eigenvalue weighted by molar-refractivity contribution is -0.119. The molecule has 174 valence electrons. The summed E-state index contributed by atoms with van der Waals surface area (Å²) in [5.74, 6) is -0.332. The van der Waals surface area contributed by atoms with Gasteiger partial charge in [0.1, 0.15) is 16.6 Å². The highest BCUT2D eigenvalue weighted by Gasteiger charge is 2.42. The second kappa shape index (κ2) is 8.58. The summed E-state index contributed by atoms with van der Waals surface area (Å²) in [6, 6.07) is 5.14. The molecule has 0 unspecified atom stereocenters. The lowest BCUT2D eigenvalue weighted by Crippen LogP contribution is -2.43. The smallest absolute Gasteiger partial charge is 0.249 e. The molecule has 2 saturated heterocycles. The van der Waals surface area contributed by atoms with Crippen LogP contribution in [0.3, 0.4) is 0 Å². The average Bonchev–Trinajstić information content (AvgIpc) is 3.50. The summed E-state index contributed by atoms with van der Waals surface area (Å²) < 4.78 is 59.6. The van der Waals surface area contributed by atoms with Crippen LogP contribution in [-0.4, -0.2) is 62.2 Å². The number of anilines is 1. The van der Waals surface area contributed by atoms with E-state index in [-0.39, 0.29) is 27.8 Å². The monoisotopic (exact) mass is 482 g/mol. The highest BCUT2D eigenvalue weighted by molar-refractivity contribution is 7.89. The van der Waals surface area contributed by atoms with Crippen molar-refractivity contribution in [1.29, 1.82) is 0 Å². The number of nitrogens with zero attached hydrogens (tertiary/aromatic N) is 3. The number of sulfonamides is 2. The molecule has 2 aliphatic rings. The number of rotatable bonds is 6. The van der Waals surface area contributed by atoms with E-state index < -0.39 is 32.0 Å². The van der Waals surface area contributed by atoms with Gasteiger partial charge in [-0.25, -0.2) is 16.8 Å². The van der Waals surface area contributed by atoms with Gasteiger partial charge in [-0.3, -0.25) is 4.79 Å². The van der Waals surface area contributed by atoms with Crippen LogP contribution in [0.1, 0.15) is 37.1 Å². The summed E-state index contributed by atoms with van der Waals surface area (Å²) >= 11 is 0. The number of amides is 1. The number of hydrogen-bond acceptors (Lipinski definition) is 7. The van der Waals surface area contributed by atoms with E-state index >= 15 is 0 Å². The first-order valence-electron chi connectivity index (χ1n) is 10.5. The summed E-state index contributed by atoms with van der Waals surface area (Å²) in [5, 5.41) is 6.41. The maximum atomic E-state index is 13.2. The van der Waals surface area contributed by atoms with Gasteiger partial charge in [0.2, 0.25) is 26.0 Å². The third kappa shape index (κ3) is 4.07. The Morgan fingerprint density at radius 3 is 2.44 bits per heavy atom. The first-order chi connectivity index (χ1) is 15.1. The predicted octanol–water partition coefficient (Wildman–Crippen LogP) is 1.87. The van der Waals surface area contributed by atoms with Crippen molar-refractivity contribution in [3.8, 4) is 0 Å². The van der Waals surface area contributed by atoms with Gasteiger partial charge in [-0.2, -0.15) is 8.61 Å². The summed E-state index contributed by atoms with van der Waals surface area (Å²) in [7, 11) is -7.60. The van der Waals surface area contributed by atoms with Crippen molar-refractivity contribution >= 4 is 31.6 Å². The fourth-order valence-corrected chi connectivity index (χ4v) is 7.80. The first-order valence-corrected chi connectivity index (χ1v) is 13.4. The normalized spacial score (nSPS) is 20.6. The number of carbonyl (C=O) groups is 1. The molecule has 12 heteroatoms. The zero-order valence-electron chi connectivity index (χ0n) is 17.9. The Kier molecular flexibility index (Phi) is 6.14. The fraction of sp³-hybridized carbons (Fsp3) is 0.500. The Morgan fingerprint density at radius 1 is 1.06 bits per heavy atom. The Hall–Kier alpha value is -2.28. The van der Waals surface area contributed by atoms with Crippen molar-refractivity contribution < 1.29 is 26.2 Å². The molecule has 1 aromatic heterocycles. The molecule has 2 aliphatic heterocycles. The van der Waals surface area contributed by atoms with Crippen LogP contribution in [0, 0.1) is 13.8 Å². The minimum atomic E-state index is -3.97. The van der Waals surface area contributed by atoms with Crippen molar-refractivity contribution in [1.82, 2.24) is 13.8 Å². The van der Waals surface area contributed by atoms with Gasteiger partial charge in [0.15, 0.2) is 5.76 Å². The molecule has 4 rings (SSSR count). The third-order valence-electron chi connectivity index (χ3n) is 5.85. The molecule has 1 amide bonds.